The number of aromatic amines is 1. The van der Waals surface area contributed by atoms with Crippen molar-refractivity contribution in [2.45, 2.75) is 18.4 Å². The fraction of sp³-hybridized carbons (Fsp3) is 0.429. The third-order valence-electron chi connectivity index (χ3n) is 4.89. The predicted molar refractivity (Wildman–Crippen MR) is 111 cm³/mol. The van der Waals surface area contributed by atoms with Crippen LogP contribution < -0.4 is 15.0 Å². The van der Waals surface area contributed by atoms with Crippen LogP contribution in [-0.4, -0.2) is 62.4 Å². The summed E-state index contributed by atoms with van der Waals surface area (Å²) in [4.78, 5) is 27.7. The van der Waals surface area contributed by atoms with E-state index in [0.717, 1.165) is 0 Å². The van der Waals surface area contributed by atoms with E-state index in [1.165, 1.54) is 25.4 Å². The number of ether oxygens (including phenoxy) is 4. The Kier molecular flexibility index (Phi) is 7.89. The maximum absolute atomic E-state index is 12.9. The number of benzene rings is 1. The zero-order valence-corrected chi connectivity index (χ0v) is 17.6. The van der Waals surface area contributed by atoms with E-state index in [1.807, 2.05) is 0 Å². The van der Waals surface area contributed by atoms with Crippen LogP contribution in [0.2, 0.25) is 5.02 Å². The summed E-state index contributed by atoms with van der Waals surface area (Å²) < 4.78 is 34.6. The summed E-state index contributed by atoms with van der Waals surface area (Å²) in [5.41, 5.74) is -0.0950. The molecule has 168 valence electrons. The minimum absolute atomic E-state index is 0.0137. The van der Waals surface area contributed by atoms with Crippen LogP contribution in [0, 0.1) is 0 Å². The van der Waals surface area contributed by atoms with Crippen LogP contribution in [-0.2, 0) is 14.3 Å². The van der Waals surface area contributed by atoms with Crippen LogP contribution >= 0.6 is 11.6 Å². The highest BCUT2D eigenvalue weighted by Gasteiger charge is 2.33. The lowest BCUT2D eigenvalue weighted by Gasteiger charge is -2.26. The molecule has 2 unspecified atom stereocenters. The van der Waals surface area contributed by atoms with E-state index >= 15 is 0 Å². The number of alkyl halides is 1. The molecule has 10 heteroatoms. The number of carboxylic acid groups (broad SMARTS) is 1. The Morgan fingerprint density at radius 3 is 2.84 bits per heavy atom. The number of halogens is 2. The van der Waals surface area contributed by atoms with Crippen molar-refractivity contribution in [1.82, 2.24) is 4.98 Å². The molecule has 0 amide bonds. The SMILES string of the molecule is COc1c[nH]c(=O)c(C(CC2COCCO2)C(=O)O)c1-c1cc(Cl)ccc1OCCF. The first-order chi connectivity index (χ1) is 15.0. The minimum atomic E-state index is -1.23. The number of aliphatic carboxylic acids is 1. The average molecular weight is 456 g/mol. The highest BCUT2D eigenvalue weighted by Crippen LogP contribution is 2.42. The topological polar surface area (TPSA) is 107 Å². The molecule has 0 radical (unpaired) electrons. The average Bonchev–Trinajstić information content (AvgIpc) is 2.77. The second kappa shape index (κ2) is 10.6. The Morgan fingerprint density at radius 1 is 1.39 bits per heavy atom. The highest BCUT2D eigenvalue weighted by molar-refractivity contribution is 6.31. The van der Waals surface area contributed by atoms with Crippen LogP contribution in [0.3, 0.4) is 0 Å². The molecule has 1 aliphatic rings. The van der Waals surface area contributed by atoms with E-state index in [2.05, 4.69) is 4.98 Å². The Labute approximate surface area is 182 Å². The van der Waals surface area contributed by atoms with Gasteiger partial charge in [-0.3, -0.25) is 9.59 Å². The molecule has 1 fully saturated rings. The summed E-state index contributed by atoms with van der Waals surface area (Å²) in [6, 6.07) is 4.61. The molecule has 2 N–H and O–H groups in total. The quantitative estimate of drug-likeness (QED) is 0.598. The molecule has 31 heavy (non-hydrogen) atoms. The van der Waals surface area contributed by atoms with Crippen molar-refractivity contribution in [2.24, 2.45) is 0 Å². The first-order valence-corrected chi connectivity index (χ1v) is 10.0. The second-order valence-corrected chi connectivity index (χ2v) is 7.28. The smallest absolute Gasteiger partial charge is 0.311 e. The van der Waals surface area contributed by atoms with Gasteiger partial charge in [-0.2, -0.15) is 0 Å². The summed E-state index contributed by atoms with van der Waals surface area (Å²) in [6.45, 7) is 0.0527. The van der Waals surface area contributed by atoms with Gasteiger partial charge < -0.3 is 29.0 Å². The van der Waals surface area contributed by atoms with E-state index < -0.39 is 30.2 Å². The van der Waals surface area contributed by atoms with Crippen LogP contribution in [0.4, 0.5) is 4.39 Å². The Balaban J connectivity index is 2.19. The number of carboxylic acids is 1. The van der Waals surface area contributed by atoms with Crippen molar-refractivity contribution in [2.75, 3.05) is 40.2 Å². The van der Waals surface area contributed by atoms with Gasteiger partial charge in [0.15, 0.2) is 0 Å². The molecule has 2 atom stereocenters. The maximum Gasteiger partial charge on any atom is 0.311 e. The predicted octanol–water partition coefficient (Wildman–Crippen LogP) is 3.03. The zero-order valence-electron chi connectivity index (χ0n) is 16.9. The lowest BCUT2D eigenvalue weighted by molar-refractivity contribution is -0.142. The summed E-state index contributed by atoms with van der Waals surface area (Å²) >= 11 is 6.18. The Morgan fingerprint density at radius 2 is 2.19 bits per heavy atom. The zero-order chi connectivity index (χ0) is 22.4. The number of aromatic nitrogens is 1. The standard InChI is InChI=1S/C21H23ClFNO7/c1-28-17-10-24-20(25)19(15(21(26)27)9-13-11-29-6-7-30-13)18(17)14-8-12(22)2-3-16(14)31-5-4-23/h2-3,8,10,13,15H,4-7,9,11H2,1H3,(H,24,25)(H,26,27). The molecular formula is C21H23ClFNO7. The van der Waals surface area contributed by atoms with Gasteiger partial charge in [-0.15, -0.1) is 0 Å². The number of hydrogen-bond acceptors (Lipinski definition) is 6. The van der Waals surface area contributed by atoms with E-state index in [1.54, 1.807) is 6.07 Å². The van der Waals surface area contributed by atoms with E-state index in [4.69, 9.17) is 30.5 Å². The molecule has 2 aromatic rings. The molecule has 0 saturated carbocycles. The van der Waals surface area contributed by atoms with E-state index in [-0.39, 0.29) is 42.3 Å². The molecule has 8 nitrogen and oxygen atoms in total. The lowest BCUT2D eigenvalue weighted by Crippen LogP contribution is -2.33. The van der Waals surface area contributed by atoms with Gasteiger partial charge in [-0.05, 0) is 24.6 Å². The van der Waals surface area contributed by atoms with Crippen LogP contribution in [0.25, 0.3) is 11.1 Å². The number of H-pyrrole nitrogens is 1. The van der Waals surface area contributed by atoms with Gasteiger partial charge in [-0.1, -0.05) is 11.6 Å². The molecule has 1 aromatic heterocycles. The summed E-state index contributed by atoms with van der Waals surface area (Å²) in [5, 5.41) is 10.3. The molecular weight excluding hydrogens is 433 g/mol. The molecule has 1 saturated heterocycles. The van der Waals surface area contributed by atoms with Crippen LogP contribution in [0.5, 0.6) is 11.5 Å². The monoisotopic (exact) mass is 455 g/mol. The van der Waals surface area contributed by atoms with Gasteiger partial charge in [0.2, 0.25) is 0 Å². The van der Waals surface area contributed by atoms with Gasteiger partial charge in [-0.25, -0.2) is 4.39 Å². The molecule has 0 bridgehead atoms. The van der Waals surface area contributed by atoms with Crippen molar-refractivity contribution in [3.8, 4) is 22.6 Å². The van der Waals surface area contributed by atoms with Gasteiger partial charge in [0, 0.05) is 27.9 Å². The largest absolute Gasteiger partial charge is 0.495 e. The third kappa shape index (κ3) is 5.36. The molecule has 1 aromatic carbocycles. The summed E-state index contributed by atoms with van der Waals surface area (Å²) in [5.74, 6) is -1.97. The second-order valence-electron chi connectivity index (χ2n) is 6.85. The number of pyridine rings is 1. The fourth-order valence-corrected chi connectivity index (χ4v) is 3.72. The highest BCUT2D eigenvalue weighted by atomic mass is 35.5. The molecule has 0 aliphatic carbocycles. The molecule has 0 spiro atoms. The van der Waals surface area contributed by atoms with Crippen molar-refractivity contribution in [1.29, 1.82) is 0 Å². The van der Waals surface area contributed by atoms with Crippen molar-refractivity contribution in [3.63, 3.8) is 0 Å². The van der Waals surface area contributed by atoms with E-state index in [9.17, 15) is 19.1 Å². The maximum atomic E-state index is 12.9. The number of hydrogen-bond donors (Lipinski definition) is 2. The molecule has 2 heterocycles. The fourth-order valence-electron chi connectivity index (χ4n) is 3.55. The third-order valence-corrected chi connectivity index (χ3v) is 5.13. The van der Waals surface area contributed by atoms with Gasteiger partial charge in [0.25, 0.3) is 5.56 Å². The molecule has 1 aliphatic heterocycles. The van der Waals surface area contributed by atoms with Crippen molar-refractivity contribution in [3.05, 3.63) is 45.3 Å². The van der Waals surface area contributed by atoms with Crippen LogP contribution in [0.1, 0.15) is 17.9 Å². The number of carbonyl (C=O) groups is 1. The number of rotatable bonds is 9. The van der Waals surface area contributed by atoms with Crippen molar-refractivity contribution < 1.29 is 33.2 Å². The molecule has 3 rings (SSSR count). The normalized spacial score (nSPS) is 17.2. The summed E-state index contributed by atoms with van der Waals surface area (Å²) in [7, 11) is 1.39. The lowest BCUT2D eigenvalue weighted by atomic mass is 9.87. The Bertz CT molecular complexity index is 975. The first kappa shape index (κ1) is 23.1. The van der Waals surface area contributed by atoms with E-state index in [0.29, 0.717) is 23.8 Å². The van der Waals surface area contributed by atoms with Crippen LogP contribution in [0.15, 0.2) is 29.2 Å². The van der Waals surface area contributed by atoms with Gasteiger partial charge in [0.1, 0.15) is 24.8 Å². The summed E-state index contributed by atoms with van der Waals surface area (Å²) in [6.07, 6.45) is 0.856. The first-order valence-electron chi connectivity index (χ1n) is 9.66. The van der Waals surface area contributed by atoms with Crippen molar-refractivity contribution >= 4 is 17.6 Å². The van der Waals surface area contributed by atoms with Gasteiger partial charge >= 0.3 is 5.97 Å². The Hall–Kier alpha value is -2.62. The minimum Gasteiger partial charge on any atom is -0.495 e. The number of methoxy groups -OCH3 is 1. The van der Waals surface area contributed by atoms with Gasteiger partial charge in [0.05, 0.1) is 39.0 Å². The number of nitrogens with one attached hydrogen (secondary N) is 1.